The van der Waals surface area contributed by atoms with Gasteiger partial charge in [0, 0.05) is 5.25 Å². The molecule has 1 aromatic carbocycles. The summed E-state index contributed by atoms with van der Waals surface area (Å²) in [6.45, 7) is 3.90. The van der Waals surface area contributed by atoms with Crippen LogP contribution >= 0.6 is 11.8 Å². The lowest BCUT2D eigenvalue weighted by atomic mass is 10.1. The molecule has 100 valence electrons. The Bertz CT molecular complexity index is 566. The first kappa shape index (κ1) is 13.7. The fraction of sp³-hybridized carbons (Fsp3) is 0.286. The molecule has 0 bridgehead atoms. The number of nitrogens with one attached hydrogen (secondary N) is 2. The van der Waals surface area contributed by atoms with E-state index >= 15 is 0 Å². The lowest BCUT2D eigenvalue weighted by Crippen LogP contribution is -2.18. The molecule has 4 nitrogen and oxygen atoms in total. The molecule has 1 aromatic rings. The predicted molar refractivity (Wildman–Crippen MR) is 79.1 cm³/mol. The fourth-order valence-electron chi connectivity index (χ4n) is 1.92. The van der Waals surface area contributed by atoms with Crippen molar-refractivity contribution in [1.82, 2.24) is 0 Å². The summed E-state index contributed by atoms with van der Waals surface area (Å²) >= 11 is 1.40. The highest BCUT2D eigenvalue weighted by Gasteiger charge is 2.29. The van der Waals surface area contributed by atoms with Gasteiger partial charge in [0.05, 0.1) is 18.4 Å². The van der Waals surface area contributed by atoms with E-state index in [4.69, 9.17) is 10.1 Å². The number of hydrogen-bond acceptors (Lipinski definition) is 4. The van der Waals surface area contributed by atoms with Gasteiger partial charge in [0.2, 0.25) is 0 Å². The van der Waals surface area contributed by atoms with Crippen molar-refractivity contribution in [2.24, 2.45) is 0 Å². The van der Waals surface area contributed by atoms with E-state index in [9.17, 15) is 4.79 Å². The summed E-state index contributed by atoms with van der Waals surface area (Å²) in [5.41, 5.74) is 2.04. The molecular weight excluding hydrogens is 260 g/mol. The molecule has 2 rings (SSSR count). The second-order valence-corrected chi connectivity index (χ2v) is 5.65. The maximum absolute atomic E-state index is 12.3. The van der Waals surface area contributed by atoms with E-state index in [2.05, 4.69) is 5.32 Å². The van der Waals surface area contributed by atoms with Crippen molar-refractivity contribution in [3.63, 3.8) is 0 Å². The predicted octanol–water partition coefficient (Wildman–Crippen LogP) is 3.06. The van der Waals surface area contributed by atoms with Crippen LogP contribution in [-0.2, 0) is 4.79 Å². The standard InChI is InChI=1S/C14H16N2O2S/c1-8-9(2)19-13(15)12(8)14(17)16-10-6-4-5-7-11(10)18-3/h4-7,9,15H,1-3H3,(H,16,17). The number of rotatable bonds is 3. The molecule has 1 unspecified atom stereocenters. The van der Waals surface area contributed by atoms with Crippen LogP contribution in [0.2, 0.25) is 0 Å². The maximum atomic E-state index is 12.3. The largest absolute Gasteiger partial charge is 0.495 e. The number of hydrogen-bond donors (Lipinski definition) is 2. The average Bonchev–Trinajstić information content (AvgIpc) is 2.64. The van der Waals surface area contributed by atoms with Gasteiger partial charge in [-0.3, -0.25) is 10.2 Å². The molecule has 5 heteroatoms. The molecule has 2 N–H and O–H groups in total. The highest BCUT2D eigenvalue weighted by atomic mass is 32.2. The monoisotopic (exact) mass is 276 g/mol. The van der Waals surface area contributed by atoms with Crippen molar-refractivity contribution in [1.29, 1.82) is 5.41 Å². The minimum Gasteiger partial charge on any atom is -0.495 e. The minimum absolute atomic E-state index is 0.186. The molecule has 1 amide bonds. The van der Waals surface area contributed by atoms with Crippen LogP contribution in [0.3, 0.4) is 0 Å². The first-order valence-corrected chi connectivity index (χ1v) is 6.83. The fourth-order valence-corrected chi connectivity index (χ4v) is 2.94. The summed E-state index contributed by atoms with van der Waals surface area (Å²) < 4.78 is 5.19. The van der Waals surface area contributed by atoms with Crippen molar-refractivity contribution in [3.8, 4) is 5.75 Å². The van der Waals surface area contributed by atoms with Gasteiger partial charge in [-0.05, 0) is 31.6 Å². The van der Waals surface area contributed by atoms with Gasteiger partial charge in [0.1, 0.15) is 10.8 Å². The Hall–Kier alpha value is -1.75. The van der Waals surface area contributed by atoms with Crippen molar-refractivity contribution >= 4 is 28.4 Å². The molecule has 0 radical (unpaired) electrons. The van der Waals surface area contributed by atoms with Gasteiger partial charge in [-0.15, -0.1) is 0 Å². The van der Waals surface area contributed by atoms with Crippen LogP contribution in [0.25, 0.3) is 0 Å². The van der Waals surface area contributed by atoms with Crippen molar-refractivity contribution in [2.45, 2.75) is 19.1 Å². The summed E-state index contributed by atoms with van der Waals surface area (Å²) in [5, 5.41) is 11.2. The lowest BCUT2D eigenvalue weighted by molar-refractivity contribution is -0.112. The SMILES string of the molecule is COc1ccccc1NC(=O)C1=C(C)C(C)SC1=N. The van der Waals surface area contributed by atoms with E-state index in [1.54, 1.807) is 19.2 Å². The number of amides is 1. The number of para-hydroxylation sites is 2. The topological polar surface area (TPSA) is 62.2 Å². The Kier molecular flexibility index (Phi) is 3.95. The third kappa shape index (κ3) is 2.66. The third-order valence-electron chi connectivity index (χ3n) is 3.11. The molecule has 0 spiro atoms. The molecule has 0 saturated heterocycles. The zero-order valence-corrected chi connectivity index (χ0v) is 11.9. The molecule has 19 heavy (non-hydrogen) atoms. The van der Waals surface area contributed by atoms with Crippen molar-refractivity contribution in [3.05, 3.63) is 35.4 Å². The first-order chi connectivity index (χ1) is 9.04. The summed E-state index contributed by atoms with van der Waals surface area (Å²) in [6.07, 6.45) is 0. The Labute approximate surface area is 116 Å². The quantitative estimate of drug-likeness (QED) is 0.892. The minimum atomic E-state index is -0.246. The number of anilines is 1. The molecule has 0 fully saturated rings. The van der Waals surface area contributed by atoms with Gasteiger partial charge in [-0.25, -0.2) is 0 Å². The van der Waals surface area contributed by atoms with Gasteiger partial charge in [0.25, 0.3) is 5.91 Å². The van der Waals surface area contributed by atoms with Crippen LogP contribution in [0.15, 0.2) is 35.4 Å². The summed E-state index contributed by atoms with van der Waals surface area (Å²) in [5.74, 6) is 0.364. The van der Waals surface area contributed by atoms with Gasteiger partial charge < -0.3 is 10.1 Å². The lowest BCUT2D eigenvalue weighted by Gasteiger charge is -2.10. The van der Waals surface area contributed by atoms with E-state index in [1.165, 1.54) is 11.8 Å². The number of methoxy groups -OCH3 is 1. The van der Waals surface area contributed by atoms with Gasteiger partial charge >= 0.3 is 0 Å². The van der Waals surface area contributed by atoms with Crippen molar-refractivity contribution < 1.29 is 9.53 Å². The van der Waals surface area contributed by atoms with Crippen LogP contribution in [0, 0.1) is 5.41 Å². The number of ether oxygens (including phenoxy) is 1. The van der Waals surface area contributed by atoms with Crippen molar-refractivity contribution in [2.75, 3.05) is 12.4 Å². The Morgan fingerprint density at radius 2 is 2.11 bits per heavy atom. The molecule has 0 saturated carbocycles. The molecule has 0 aliphatic carbocycles. The zero-order chi connectivity index (χ0) is 14.0. The van der Waals surface area contributed by atoms with Crippen LogP contribution in [0.4, 0.5) is 5.69 Å². The number of thioether (sulfide) groups is 1. The van der Waals surface area contributed by atoms with E-state index in [-0.39, 0.29) is 11.2 Å². The maximum Gasteiger partial charge on any atom is 0.258 e. The average molecular weight is 276 g/mol. The number of benzene rings is 1. The van der Waals surface area contributed by atoms with Gasteiger partial charge in [-0.2, -0.15) is 0 Å². The normalized spacial score (nSPS) is 18.7. The van der Waals surface area contributed by atoms with Gasteiger partial charge in [-0.1, -0.05) is 23.9 Å². The molecule has 1 heterocycles. The molecule has 0 aromatic heterocycles. The molecular formula is C14H16N2O2S. The third-order valence-corrected chi connectivity index (χ3v) is 4.25. The molecule has 1 atom stereocenters. The smallest absolute Gasteiger partial charge is 0.258 e. The first-order valence-electron chi connectivity index (χ1n) is 5.95. The summed E-state index contributed by atoms with van der Waals surface area (Å²) in [6, 6.07) is 7.24. The van der Waals surface area contributed by atoms with Gasteiger partial charge in [0.15, 0.2) is 0 Å². The van der Waals surface area contributed by atoms with E-state index in [0.717, 1.165) is 5.57 Å². The van der Waals surface area contributed by atoms with Crippen LogP contribution in [-0.4, -0.2) is 23.3 Å². The Balaban J connectivity index is 2.25. The highest BCUT2D eigenvalue weighted by molar-refractivity contribution is 8.15. The van der Waals surface area contributed by atoms with E-state index < -0.39 is 0 Å². The Morgan fingerprint density at radius 1 is 1.42 bits per heavy atom. The van der Waals surface area contributed by atoms with Crippen LogP contribution in [0.1, 0.15) is 13.8 Å². The highest BCUT2D eigenvalue weighted by Crippen LogP contribution is 2.34. The Morgan fingerprint density at radius 3 is 2.68 bits per heavy atom. The second-order valence-electron chi connectivity index (χ2n) is 4.30. The van der Waals surface area contributed by atoms with Crippen LogP contribution < -0.4 is 10.1 Å². The molecule has 1 aliphatic heterocycles. The van der Waals surface area contributed by atoms with Crippen LogP contribution in [0.5, 0.6) is 5.75 Å². The number of carbonyl (C=O) groups is 1. The second kappa shape index (κ2) is 5.48. The zero-order valence-electron chi connectivity index (χ0n) is 11.1. The van der Waals surface area contributed by atoms with E-state index in [0.29, 0.717) is 22.1 Å². The summed E-state index contributed by atoms with van der Waals surface area (Å²) in [7, 11) is 1.56. The molecule has 1 aliphatic rings. The van der Waals surface area contributed by atoms with E-state index in [1.807, 2.05) is 26.0 Å². The number of carbonyl (C=O) groups excluding carboxylic acids is 1. The summed E-state index contributed by atoms with van der Waals surface area (Å²) in [4.78, 5) is 12.3.